The number of imide groups is 1. The Morgan fingerprint density at radius 3 is 2.27 bits per heavy atom. The van der Waals surface area contributed by atoms with Crippen molar-refractivity contribution in [3.63, 3.8) is 0 Å². The Bertz CT molecular complexity index is 1020. The second-order valence-corrected chi connectivity index (χ2v) is 10.0. The third-order valence-electron chi connectivity index (χ3n) is 3.70. The van der Waals surface area contributed by atoms with Crippen LogP contribution in [0.15, 0.2) is 64.0 Å². The number of thioether (sulfide) groups is 1. The van der Waals surface area contributed by atoms with Crippen LogP contribution >= 0.6 is 27.7 Å². The van der Waals surface area contributed by atoms with Gasteiger partial charge in [-0.05, 0) is 48.2 Å². The second kappa shape index (κ2) is 7.27. The van der Waals surface area contributed by atoms with Crippen LogP contribution in [0, 0.1) is 11.8 Å². The molecular weight excluding hydrogens is 438 g/mol. The summed E-state index contributed by atoms with van der Waals surface area (Å²) >= 11 is 3.70. The molecule has 1 aliphatic heterocycles. The Morgan fingerprint density at radius 1 is 1.04 bits per heavy atom. The van der Waals surface area contributed by atoms with E-state index < -0.39 is 25.1 Å². The Kier molecular flexibility index (Phi) is 5.23. The van der Waals surface area contributed by atoms with E-state index in [1.54, 1.807) is 36.4 Å². The molecule has 1 aliphatic rings. The zero-order valence-corrected chi connectivity index (χ0v) is 16.4. The minimum absolute atomic E-state index is 0.0421. The van der Waals surface area contributed by atoms with Crippen molar-refractivity contribution >= 4 is 48.7 Å². The van der Waals surface area contributed by atoms with E-state index in [4.69, 9.17) is 0 Å². The number of sulfone groups is 1. The van der Waals surface area contributed by atoms with E-state index >= 15 is 0 Å². The Morgan fingerprint density at radius 2 is 1.69 bits per heavy atom. The highest BCUT2D eigenvalue weighted by atomic mass is 79.9. The summed E-state index contributed by atoms with van der Waals surface area (Å²) in [5.74, 6) is 4.72. The number of hydrogen-bond donors (Lipinski definition) is 1. The molecule has 3 rings (SSSR count). The number of hydrogen-bond acceptors (Lipinski definition) is 5. The molecule has 1 atom stereocenters. The zero-order chi connectivity index (χ0) is 18.8. The van der Waals surface area contributed by atoms with Gasteiger partial charge in [-0.25, -0.2) is 8.42 Å². The average molecular weight is 450 g/mol. The lowest BCUT2D eigenvalue weighted by Gasteiger charge is -2.22. The van der Waals surface area contributed by atoms with Gasteiger partial charge in [-0.15, -0.1) is 0 Å². The Labute approximate surface area is 163 Å². The van der Waals surface area contributed by atoms with Gasteiger partial charge in [0.05, 0.1) is 4.90 Å². The smallest absolute Gasteiger partial charge is 0.285 e. The van der Waals surface area contributed by atoms with E-state index in [0.717, 1.165) is 0 Å². The van der Waals surface area contributed by atoms with Crippen LogP contribution in [0.4, 0.5) is 4.79 Å². The van der Waals surface area contributed by atoms with Crippen molar-refractivity contribution in [2.45, 2.75) is 15.4 Å². The fraction of sp³-hybridized carbons (Fsp3) is 0.111. The summed E-state index contributed by atoms with van der Waals surface area (Å²) < 4.78 is 25.0. The van der Waals surface area contributed by atoms with Crippen LogP contribution < -0.4 is 5.32 Å². The highest BCUT2D eigenvalue weighted by Gasteiger charge is 2.58. The minimum Gasteiger partial charge on any atom is -0.285 e. The van der Waals surface area contributed by atoms with Crippen LogP contribution in [0.2, 0.25) is 0 Å². The van der Waals surface area contributed by atoms with Gasteiger partial charge in [-0.1, -0.05) is 46.0 Å². The summed E-state index contributed by atoms with van der Waals surface area (Å²) in [7, 11) is -4.15. The molecule has 0 spiro atoms. The SMILES string of the molecule is O=C1NC(=O)C(CC#Cc2ccccc2)(S(=O)(=O)c2ccc(Br)cc2)S1. The highest BCUT2D eigenvalue weighted by Crippen LogP contribution is 2.43. The lowest BCUT2D eigenvalue weighted by molar-refractivity contribution is -0.119. The summed E-state index contributed by atoms with van der Waals surface area (Å²) in [5.41, 5.74) is 0.693. The second-order valence-electron chi connectivity index (χ2n) is 5.40. The monoisotopic (exact) mass is 449 g/mol. The predicted octanol–water partition coefficient (Wildman–Crippen LogP) is 3.34. The van der Waals surface area contributed by atoms with Crippen LogP contribution in [-0.2, 0) is 14.6 Å². The van der Waals surface area contributed by atoms with Crippen molar-refractivity contribution in [1.29, 1.82) is 0 Å². The third kappa shape index (κ3) is 3.43. The first-order valence-electron chi connectivity index (χ1n) is 7.44. The summed E-state index contributed by atoms with van der Waals surface area (Å²) in [6, 6.07) is 14.9. The van der Waals surface area contributed by atoms with Crippen LogP contribution in [-0.4, -0.2) is 23.6 Å². The summed E-state index contributed by atoms with van der Waals surface area (Å²) in [5, 5.41) is 1.38. The number of carbonyl (C=O) groups excluding carboxylic acids is 2. The maximum Gasteiger partial charge on any atom is 0.287 e. The van der Waals surface area contributed by atoms with E-state index in [9.17, 15) is 18.0 Å². The molecule has 1 heterocycles. The first-order valence-corrected chi connectivity index (χ1v) is 10.5. The van der Waals surface area contributed by atoms with Gasteiger partial charge in [0.15, 0.2) is 0 Å². The van der Waals surface area contributed by atoms with E-state index in [0.29, 0.717) is 21.8 Å². The normalized spacial score (nSPS) is 19.6. The Hall–Kier alpha value is -2.08. The largest absolute Gasteiger partial charge is 0.287 e. The molecule has 1 fully saturated rings. The summed E-state index contributed by atoms with van der Waals surface area (Å²) in [6.45, 7) is 0. The average Bonchev–Trinajstić information content (AvgIpc) is 2.91. The molecule has 0 aliphatic carbocycles. The standard InChI is InChI=1S/C18H12BrNO4S2/c19-14-8-10-15(11-9-14)26(23,24)18(16(21)20-17(22)25-18)12-4-7-13-5-2-1-3-6-13/h1-3,5-6,8-11H,12H2,(H,20,21,22). The molecule has 1 saturated heterocycles. The first-order chi connectivity index (χ1) is 12.3. The van der Waals surface area contributed by atoms with Crippen LogP contribution in [0.3, 0.4) is 0 Å². The molecule has 1 N–H and O–H groups in total. The molecule has 26 heavy (non-hydrogen) atoms. The molecule has 132 valence electrons. The highest BCUT2D eigenvalue weighted by molar-refractivity contribution is 9.10. The number of halogens is 1. The van der Waals surface area contributed by atoms with Gasteiger partial charge in [0.25, 0.3) is 11.1 Å². The van der Waals surface area contributed by atoms with Gasteiger partial charge in [-0.2, -0.15) is 0 Å². The quantitative estimate of drug-likeness (QED) is 0.726. The van der Waals surface area contributed by atoms with Crippen molar-refractivity contribution in [3.8, 4) is 11.8 Å². The van der Waals surface area contributed by atoms with Crippen LogP contribution in [0.1, 0.15) is 12.0 Å². The van der Waals surface area contributed by atoms with E-state index in [-0.39, 0.29) is 11.3 Å². The van der Waals surface area contributed by atoms with Gasteiger partial charge in [0, 0.05) is 16.5 Å². The fourth-order valence-corrected chi connectivity index (χ4v) is 5.77. The molecule has 8 heteroatoms. The fourth-order valence-electron chi connectivity index (χ4n) is 2.39. The molecule has 5 nitrogen and oxygen atoms in total. The van der Waals surface area contributed by atoms with E-state index in [2.05, 4.69) is 33.1 Å². The number of nitrogens with one attached hydrogen (secondary N) is 1. The number of benzene rings is 2. The van der Waals surface area contributed by atoms with E-state index in [1.807, 2.05) is 6.07 Å². The summed E-state index contributed by atoms with van der Waals surface area (Å²) in [4.78, 5) is 24.1. The van der Waals surface area contributed by atoms with Gasteiger partial charge >= 0.3 is 0 Å². The molecule has 2 aromatic carbocycles. The predicted molar refractivity (Wildman–Crippen MR) is 103 cm³/mol. The maximum absolute atomic E-state index is 13.1. The molecule has 0 bridgehead atoms. The molecule has 0 aromatic heterocycles. The van der Waals surface area contributed by atoms with Crippen LogP contribution in [0.25, 0.3) is 0 Å². The molecule has 1 unspecified atom stereocenters. The number of carbonyl (C=O) groups is 2. The van der Waals surface area contributed by atoms with Crippen molar-refractivity contribution in [2.24, 2.45) is 0 Å². The third-order valence-corrected chi connectivity index (χ3v) is 8.18. The molecule has 0 radical (unpaired) electrons. The zero-order valence-electron chi connectivity index (χ0n) is 13.2. The molecule has 2 amide bonds. The lowest BCUT2D eigenvalue weighted by Crippen LogP contribution is -2.43. The van der Waals surface area contributed by atoms with Crippen LogP contribution in [0.5, 0.6) is 0 Å². The Balaban J connectivity index is 2.03. The number of amides is 2. The van der Waals surface area contributed by atoms with Gasteiger partial charge < -0.3 is 0 Å². The topological polar surface area (TPSA) is 80.3 Å². The van der Waals surface area contributed by atoms with Crippen molar-refractivity contribution in [2.75, 3.05) is 0 Å². The van der Waals surface area contributed by atoms with Crippen molar-refractivity contribution < 1.29 is 18.0 Å². The van der Waals surface area contributed by atoms with Gasteiger partial charge in [-0.3, -0.25) is 14.9 Å². The molecule has 2 aromatic rings. The molecular formula is C18H12BrNO4S2. The number of rotatable bonds is 3. The van der Waals surface area contributed by atoms with Gasteiger partial charge in [0.1, 0.15) is 0 Å². The summed E-state index contributed by atoms with van der Waals surface area (Å²) in [6.07, 6.45) is -0.303. The van der Waals surface area contributed by atoms with E-state index in [1.165, 1.54) is 12.1 Å². The van der Waals surface area contributed by atoms with Crippen molar-refractivity contribution in [1.82, 2.24) is 5.32 Å². The molecule has 0 saturated carbocycles. The van der Waals surface area contributed by atoms with Gasteiger partial charge in [0.2, 0.25) is 13.9 Å². The van der Waals surface area contributed by atoms with Crippen molar-refractivity contribution in [3.05, 3.63) is 64.6 Å². The minimum atomic E-state index is -4.15. The lowest BCUT2D eigenvalue weighted by atomic mass is 10.2. The first kappa shape index (κ1) is 18.7. The maximum atomic E-state index is 13.1.